The molecule has 3 aromatic rings. The van der Waals surface area contributed by atoms with Gasteiger partial charge in [-0.15, -0.1) is 0 Å². The molecule has 4 rings (SSSR count). The Balaban J connectivity index is 1.80. The molecule has 0 bridgehead atoms. The van der Waals surface area contributed by atoms with E-state index in [9.17, 15) is 10.4 Å². The fraction of sp³-hybridized carbons (Fsp3) is 0.167. The van der Waals surface area contributed by atoms with Crippen LogP contribution in [0.5, 0.6) is 11.5 Å². The maximum absolute atomic E-state index is 10.6. The standard InChI is InChI=1S/C24H21N3O2/c1-29-23-14-8-13-19(24(23)28)22(16-25)27-21(18-11-6-3-7-12-18)15-20(26-27)17-9-4-2-5-10-17/h2-14,21-22,28H,15H2,1H3/t21-,22-/m1/s1. The number of hydrogen-bond donors (Lipinski definition) is 1. The predicted octanol–water partition coefficient (Wildman–Crippen LogP) is 4.82. The van der Waals surface area contributed by atoms with Gasteiger partial charge in [-0.05, 0) is 17.2 Å². The second-order valence-electron chi connectivity index (χ2n) is 6.85. The number of para-hydroxylation sites is 1. The van der Waals surface area contributed by atoms with E-state index < -0.39 is 6.04 Å². The minimum atomic E-state index is -0.753. The van der Waals surface area contributed by atoms with Crippen molar-refractivity contribution in [2.45, 2.75) is 18.5 Å². The van der Waals surface area contributed by atoms with Gasteiger partial charge >= 0.3 is 0 Å². The van der Waals surface area contributed by atoms with Crippen LogP contribution in [0.3, 0.4) is 0 Å². The molecule has 0 fully saturated rings. The third-order valence-corrected chi connectivity index (χ3v) is 5.17. The average molecular weight is 383 g/mol. The molecule has 1 aliphatic heterocycles. The summed E-state index contributed by atoms with van der Waals surface area (Å²) in [5.74, 6) is 0.308. The number of rotatable bonds is 5. The van der Waals surface area contributed by atoms with E-state index in [0.29, 0.717) is 17.7 Å². The molecular weight excluding hydrogens is 362 g/mol. The van der Waals surface area contributed by atoms with Gasteiger partial charge in [0.05, 0.1) is 24.9 Å². The van der Waals surface area contributed by atoms with Crippen molar-refractivity contribution >= 4 is 5.71 Å². The largest absolute Gasteiger partial charge is 0.504 e. The molecule has 29 heavy (non-hydrogen) atoms. The lowest BCUT2D eigenvalue weighted by molar-refractivity contribution is 0.193. The molecule has 144 valence electrons. The monoisotopic (exact) mass is 383 g/mol. The van der Waals surface area contributed by atoms with E-state index in [4.69, 9.17) is 9.84 Å². The van der Waals surface area contributed by atoms with Gasteiger partial charge in [-0.3, -0.25) is 5.01 Å². The van der Waals surface area contributed by atoms with E-state index >= 15 is 0 Å². The molecule has 0 amide bonds. The van der Waals surface area contributed by atoms with Gasteiger partial charge < -0.3 is 9.84 Å². The molecule has 5 heteroatoms. The summed E-state index contributed by atoms with van der Waals surface area (Å²) < 4.78 is 5.23. The first kappa shape index (κ1) is 18.6. The van der Waals surface area contributed by atoms with Gasteiger partial charge in [0.2, 0.25) is 0 Å². The summed E-state index contributed by atoms with van der Waals surface area (Å²) in [6, 6.07) is 26.6. The quantitative estimate of drug-likeness (QED) is 0.686. The van der Waals surface area contributed by atoms with Gasteiger partial charge in [0.1, 0.15) is 0 Å². The molecule has 1 N–H and O–H groups in total. The topological polar surface area (TPSA) is 68.8 Å². The number of aromatic hydroxyl groups is 1. The zero-order valence-corrected chi connectivity index (χ0v) is 16.1. The molecule has 1 aliphatic rings. The van der Waals surface area contributed by atoms with Crippen LogP contribution < -0.4 is 4.74 Å². The Kier molecular flexibility index (Phi) is 5.17. The molecule has 3 aromatic carbocycles. The van der Waals surface area contributed by atoms with Gasteiger partial charge in [-0.2, -0.15) is 10.4 Å². The van der Waals surface area contributed by atoms with Crippen LogP contribution in [0.2, 0.25) is 0 Å². The van der Waals surface area contributed by atoms with E-state index in [1.807, 2.05) is 60.7 Å². The number of phenolic OH excluding ortho intramolecular Hbond substituents is 1. The van der Waals surface area contributed by atoms with Crippen LogP contribution >= 0.6 is 0 Å². The Morgan fingerprint density at radius 2 is 1.72 bits per heavy atom. The lowest BCUT2D eigenvalue weighted by atomic mass is 9.96. The van der Waals surface area contributed by atoms with E-state index in [1.54, 1.807) is 23.2 Å². The summed E-state index contributed by atoms with van der Waals surface area (Å²) in [5, 5.41) is 27.3. The molecular formula is C24H21N3O2. The molecule has 0 aliphatic carbocycles. The Bertz CT molecular complexity index is 1060. The number of benzene rings is 3. The third kappa shape index (κ3) is 3.53. The molecule has 0 saturated carbocycles. The number of nitriles is 1. The van der Waals surface area contributed by atoms with Gasteiger partial charge in [0, 0.05) is 12.0 Å². The van der Waals surface area contributed by atoms with Crippen LogP contribution in [-0.2, 0) is 0 Å². The lowest BCUT2D eigenvalue weighted by Crippen LogP contribution is -2.24. The van der Waals surface area contributed by atoms with Gasteiger partial charge in [0.25, 0.3) is 0 Å². The van der Waals surface area contributed by atoms with Crippen LogP contribution in [0, 0.1) is 11.3 Å². The second-order valence-corrected chi connectivity index (χ2v) is 6.85. The van der Waals surface area contributed by atoms with E-state index in [2.05, 4.69) is 6.07 Å². The minimum absolute atomic E-state index is 0.0308. The Morgan fingerprint density at radius 1 is 1.03 bits per heavy atom. The van der Waals surface area contributed by atoms with Crippen LogP contribution in [0.15, 0.2) is 84.0 Å². The van der Waals surface area contributed by atoms with Crippen molar-refractivity contribution in [1.82, 2.24) is 5.01 Å². The van der Waals surface area contributed by atoms with Gasteiger partial charge in [-0.25, -0.2) is 0 Å². The molecule has 0 unspecified atom stereocenters. The minimum Gasteiger partial charge on any atom is -0.504 e. The highest BCUT2D eigenvalue weighted by Gasteiger charge is 2.35. The summed E-state index contributed by atoms with van der Waals surface area (Å²) in [6.45, 7) is 0. The van der Waals surface area contributed by atoms with E-state index in [0.717, 1.165) is 16.8 Å². The number of hydrazone groups is 1. The molecule has 0 saturated heterocycles. The number of methoxy groups -OCH3 is 1. The van der Waals surface area contributed by atoms with Gasteiger partial charge in [0.15, 0.2) is 17.5 Å². The zero-order valence-electron chi connectivity index (χ0n) is 16.1. The van der Waals surface area contributed by atoms with Crippen LogP contribution in [-0.4, -0.2) is 22.9 Å². The summed E-state index contributed by atoms with van der Waals surface area (Å²) in [4.78, 5) is 0. The maximum Gasteiger partial charge on any atom is 0.164 e. The number of phenols is 1. The molecule has 0 aromatic heterocycles. The highest BCUT2D eigenvalue weighted by molar-refractivity contribution is 6.01. The first-order valence-electron chi connectivity index (χ1n) is 9.44. The van der Waals surface area contributed by atoms with E-state index in [-0.39, 0.29) is 11.8 Å². The average Bonchev–Trinajstić information content (AvgIpc) is 3.22. The molecule has 0 radical (unpaired) electrons. The summed E-state index contributed by atoms with van der Waals surface area (Å²) in [6.07, 6.45) is 0.678. The first-order valence-corrected chi connectivity index (χ1v) is 9.44. The van der Waals surface area contributed by atoms with Crippen molar-refractivity contribution in [3.63, 3.8) is 0 Å². The van der Waals surface area contributed by atoms with Crippen LogP contribution in [0.1, 0.15) is 35.2 Å². The second kappa shape index (κ2) is 8.07. The molecule has 2 atom stereocenters. The Labute approximate surface area is 170 Å². The molecule has 5 nitrogen and oxygen atoms in total. The number of ether oxygens (including phenoxy) is 1. The summed E-state index contributed by atoms with van der Waals surface area (Å²) in [5.41, 5.74) is 3.50. The zero-order chi connectivity index (χ0) is 20.2. The van der Waals surface area contributed by atoms with Crippen molar-refractivity contribution in [3.05, 3.63) is 95.6 Å². The third-order valence-electron chi connectivity index (χ3n) is 5.17. The van der Waals surface area contributed by atoms with Crippen molar-refractivity contribution in [3.8, 4) is 17.6 Å². The van der Waals surface area contributed by atoms with Crippen LogP contribution in [0.4, 0.5) is 0 Å². The van der Waals surface area contributed by atoms with Crippen molar-refractivity contribution in [1.29, 1.82) is 5.26 Å². The molecule has 0 spiro atoms. The lowest BCUT2D eigenvalue weighted by Gasteiger charge is -2.29. The highest BCUT2D eigenvalue weighted by atomic mass is 16.5. The van der Waals surface area contributed by atoms with Crippen LogP contribution in [0.25, 0.3) is 0 Å². The Morgan fingerprint density at radius 3 is 2.38 bits per heavy atom. The van der Waals surface area contributed by atoms with Crippen molar-refractivity contribution in [2.75, 3.05) is 7.11 Å². The fourth-order valence-corrected chi connectivity index (χ4v) is 3.71. The smallest absolute Gasteiger partial charge is 0.164 e. The van der Waals surface area contributed by atoms with Crippen molar-refractivity contribution in [2.24, 2.45) is 5.10 Å². The van der Waals surface area contributed by atoms with Crippen molar-refractivity contribution < 1.29 is 9.84 Å². The maximum atomic E-state index is 10.6. The number of hydrogen-bond acceptors (Lipinski definition) is 5. The number of nitrogens with zero attached hydrogens (tertiary/aromatic N) is 3. The van der Waals surface area contributed by atoms with E-state index in [1.165, 1.54) is 7.11 Å². The molecule has 1 heterocycles. The Hall–Kier alpha value is -3.78. The summed E-state index contributed by atoms with van der Waals surface area (Å²) in [7, 11) is 1.49. The predicted molar refractivity (Wildman–Crippen MR) is 112 cm³/mol. The SMILES string of the molecule is COc1cccc([C@@H](C#N)N2N=C(c3ccccc3)C[C@@H]2c2ccccc2)c1O. The summed E-state index contributed by atoms with van der Waals surface area (Å²) >= 11 is 0. The first-order chi connectivity index (χ1) is 14.2. The highest BCUT2D eigenvalue weighted by Crippen LogP contribution is 2.42. The fourth-order valence-electron chi connectivity index (χ4n) is 3.71. The normalized spacial score (nSPS) is 16.8. The van der Waals surface area contributed by atoms with Gasteiger partial charge in [-0.1, -0.05) is 72.8 Å².